The SMILES string of the molecule is CC(NC(=O)c1cccn1C)C(O)C(=O)N1CSC(C)(C)C1C(=O)NCc1ccncc1. The van der Waals surface area contributed by atoms with Crippen molar-refractivity contribution < 1.29 is 19.5 Å². The first-order chi connectivity index (χ1) is 15.1. The van der Waals surface area contributed by atoms with E-state index in [1.54, 1.807) is 61.4 Å². The fraction of sp³-hybridized carbons (Fsp3) is 0.455. The van der Waals surface area contributed by atoms with Gasteiger partial charge in [0, 0.05) is 36.9 Å². The van der Waals surface area contributed by atoms with Gasteiger partial charge >= 0.3 is 0 Å². The van der Waals surface area contributed by atoms with Crippen LogP contribution in [0.1, 0.15) is 36.8 Å². The molecule has 1 fully saturated rings. The zero-order valence-electron chi connectivity index (χ0n) is 18.6. The van der Waals surface area contributed by atoms with Crippen LogP contribution < -0.4 is 10.6 Å². The number of pyridine rings is 1. The first-order valence-corrected chi connectivity index (χ1v) is 11.3. The number of carbonyl (C=O) groups is 3. The molecular weight excluding hydrogens is 430 g/mol. The number of amides is 3. The zero-order chi connectivity index (χ0) is 23.5. The lowest BCUT2D eigenvalue weighted by Crippen LogP contribution is -2.57. The normalized spacial score (nSPS) is 19.3. The van der Waals surface area contributed by atoms with Crippen molar-refractivity contribution in [1.82, 2.24) is 25.1 Å². The van der Waals surface area contributed by atoms with Crippen molar-refractivity contribution in [2.24, 2.45) is 7.05 Å². The molecule has 0 aliphatic carbocycles. The van der Waals surface area contributed by atoms with Crippen LogP contribution in [0.3, 0.4) is 0 Å². The van der Waals surface area contributed by atoms with E-state index in [-0.39, 0.29) is 17.7 Å². The van der Waals surface area contributed by atoms with Crippen molar-refractivity contribution in [3.63, 3.8) is 0 Å². The van der Waals surface area contributed by atoms with E-state index in [2.05, 4.69) is 15.6 Å². The van der Waals surface area contributed by atoms with E-state index >= 15 is 0 Å². The summed E-state index contributed by atoms with van der Waals surface area (Å²) < 4.78 is 1.12. The Hall–Kier alpha value is -2.85. The first kappa shape index (κ1) is 23.8. The van der Waals surface area contributed by atoms with Gasteiger partial charge in [-0.2, -0.15) is 0 Å². The van der Waals surface area contributed by atoms with Crippen LogP contribution in [0.2, 0.25) is 0 Å². The van der Waals surface area contributed by atoms with Crippen molar-refractivity contribution in [1.29, 1.82) is 0 Å². The summed E-state index contributed by atoms with van der Waals surface area (Å²) in [6.45, 7) is 5.67. The molecule has 3 N–H and O–H groups in total. The van der Waals surface area contributed by atoms with Gasteiger partial charge in [-0.3, -0.25) is 19.4 Å². The molecule has 3 atom stereocenters. The number of rotatable bonds is 7. The van der Waals surface area contributed by atoms with Gasteiger partial charge in [0.2, 0.25) is 5.91 Å². The summed E-state index contributed by atoms with van der Waals surface area (Å²) >= 11 is 1.47. The largest absolute Gasteiger partial charge is 0.381 e. The van der Waals surface area contributed by atoms with E-state index < -0.39 is 28.8 Å². The van der Waals surface area contributed by atoms with Crippen LogP contribution in [-0.2, 0) is 23.2 Å². The Morgan fingerprint density at radius 1 is 1.28 bits per heavy atom. The Morgan fingerprint density at radius 2 is 1.97 bits per heavy atom. The second kappa shape index (κ2) is 9.74. The number of aliphatic hydroxyl groups excluding tert-OH is 1. The van der Waals surface area contributed by atoms with E-state index in [1.165, 1.54) is 16.7 Å². The summed E-state index contributed by atoms with van der Waals surface area (Å²) in [5.74, 6) is -1.00. The van der Waals surface area contributed by atoms with Crippen LogP contribution in [-0.4, -0.2) is 66.1 Å². The van der Waals surface area contributed by atoms with Crippen LogP contribution in [0.15, 0.2) is 42.9 Å². The molecule has 3 heterocycles. The number of hydrogen-bond donors (Lipinski definition) is 3. The third-order valence-electron chi connectivity index (χ3n) is 5.56. The predicted molar refractivity (Wildman–Crippen MR) is 122 cm³/mol. The highest BCUT2D eigenvalue weighted by Gasteiger charge is 2.49. The van der Waals surface area contributed by atoms with Gasteiger partial charge in [-0.05, 0) is 50.6 Å². The number of nitrogens with zero attached hydrogens (tertiary/aromatic N) is 3. The number of hydrogen-bond acceptors (Lipinski definition) is 6. The molecule has 1 saturated heterocycles. The van der Waals surface area contributed by atoms with E-state index in [0.29, 0.717) is 12.2 Å². The van der Waals surface area contributed by atoms with E-state index in [4.69, 9.17) is 0 Å². The molecule has 3 unspecified atom stereocenters. The molecule has 9 nitrogen and oxygen atoms in total. The molecule has 32 heavy (non-hydrogen) atoms. The lowest BCUT2D eigenvalue weighted by atomic mass is 9.99. The molecule has 0 bridgehead atoms. The van der Waals surface area contributed by atoms with E-state index in [0.717, 1.165) is 5.56 Å². The fourth-order valence-corrected chi connectivity index (χ4v) is 4.78. The molecule has 1 aliphatic heterocycles. The number of aryl methyl sites for hydroxylation is 1. The summed E-state index contributed by atoms with van der Waals surface area (Å²) in [5, 5.41) is 16.2. The van der Waals surface area contributed by atoms with Gasteiger partial charge in [0.1, 0.15) is 11.7 Å². The first-order valence-electron chi connectivity index (χ1n) is 10.3. The Labute approximate surface area is 191 Å². The minimum Gasteiger partial charge on any atom is -0.381 e. The Balaban J connectivity index is 1.67. The summed E-state index contributed by atoms with van der Waals surface area (Å²) in [6, 6.07) is 5.40. The molecule has 3 rings (SSSR count). The van der Waals surface area contributed by atoms with Gasteiger partial charge in [-0.25, -0.2) is 0 Å². The smallest absolute Gasteiger partial charge is 0.268 e. The average molecular weight is 460 g/mol. The molecule has 10 heteroatoms. The molecule has 0 saturated carbocycles. The van der Waals surface area contributed by atoms with Crippen molar-refractivity contribution >= 4 is 29.5 Å². The molecular formula is C22H29N5O4S. The molecule has 0 radical (unpaired) electrons. The molecule has 0 spiro atoms. The highest BCUT2D eigenvalue weighted by Crippen LogP contribution is 2.39. The topological polar surface area (TPSA) is 117 Å². The van der Waals surface area contributed by atoms with Gasteiger partial charge in [-0.1, -0.05) is 0 Å². The number of nitrogens with one attached hydrogen (secondary N) is 2. The summed E-state index contributed by atoms with van der Waals surface area (Å²) in [4.78, 5) is 43.9. The van der Waals surface area contributed by atoms with E-state index in [9.17, 15) is 19.5 Å². The van der Waals surface area contributed by atoms with Crippen molar-refractivity contribution in [3.8, 4) is 0 Å². The van der Waals surface area contributed by atoms with Gasteiger partial charge in [0.25, 0.3) is 11.8 Å². The maximum atomic E-state index is 13.1. The quantitative estimate of drug-likeness (QED) is 0.566. The maximum Gasteiger partial charge on any atom is 0.268 e. The van der Waals surface area contributed by atoms with Gasteiger partial charge in [0.05, 0.1) is 11.9 Å². The highest BCUT2D eigenvalue weighted by molar-refractivity contribution is 8.00. The van der Waals surface area contributed by atoms with Crippen LogP contribution in [0.25, 0.3) is 0 Å². The molecule has 2 aromatic heterocycles. The lowest BCUT2D eigenvalue weighted by molar-refractivity contribution is -0.147. The third kappa shape index (κ3) is 5.13. The van der Waals surface area contributed by atoms with Gasteiger partial charge in [0.15, 0.2) is 6.10 Å². The maximum absolute atomic E-state index is 13.1. The van der Waals surface area contributed by atoms with Crippen LogP contribution in [0.5, 0.6) is 0 Å². The number of thioether (sulfide) groups is 1. The van der Waals surface area contributed by atoms with Crippen molar-refractivity contribution in [3.05, 3.63) is 54.1 Å². The Kier molecular flexibility index (Phi) is 7.25. The standard InChI is InChI=1S/C22H29N5O4S/c1-14(25-19(29)16-6-5-11-26(16)4)17(28)21(31)27-13-32-22(2,3)18(27)20(30)24-12-15-7-9-23-10-8-15/h5-11,14,17-18,28H,12-13H2,1-4H3,(H,24,30)(H,25,29). The molecule has 172 valence electrons. The Bertz CT molecular complexity index is 978. The minimum atomic E-state index is -1.48. The van der Waals surface area contributed by atoms with Crippen LogP contribution >= 0.6 is 11.8 Å². The second-order valence-electron chi connectivity index (χ2n) is 8.37. The average Bonchev–Trinajstić information content (AvgIpc) is 3.33. The minimum absolute atomic E-state index is 0.273. The van der Waals surface area contributed by atoms with Gasteiger partial charge in [-0.15, -0.1) is 11.8 Å². The third-order valence-corrected chi connectivity index (χ3v) is 6.93. The Morgan fingerprint density at radius 3 is 2.59 bits per heavy atom. The van der Waals surface area contributed by atoms with Crippen molar-refractivity contribution in [2.45, 2.75) is 50.3 Å². The predicted octanol–water partition coefficient (Wildman–Crippen LogP) is 0.896. The molecule has 0 aromatic carbocycles. The monoisotopic (exact) mass is 459 g/mol. The van der Waals surface area contributed by atoms with Crippen molar-refractivity contribution in [2.75, 3.05) is 5.88 Å². The summed E-state index contributed by atoms with van der Waals surface area (Å²) in [5.41, 5.74) is 1.31. The summed E-state index contributed by atoms with van der Waals surface area (Å²) in [6.07, 6.45) is 3.55. The van der Waals surface area contributed by atoms with Crippen LogP contribution in [0.4, 0.5) is 0 Å². The molecule has 3 amide bonds. The highest BCUT2D eigenvalue weighted by atomic mass is 32.2. The fourth-order valence-electron chi connectivity index (χ4n) is 3.64. The second-order valence-corrected chi connectivity index (χ2v) is 9.97. The van der Waals surface area contributed by atoms with E-state index in [1.807, 2.05) is 13.8 Å². The summed E-state index contributed by atoms with van der Waals surface area (Å²) in [7, 11) is 1.74. The number of aliphatic hydroxyl groups is 1. The van der Waals surface area contributed by atoms with Crippen LogP contribution in [0, 0.1) is 0 Å². The molecule has 1 aliphatic rings. The van der Waals surface area contributed by atoms with Gasteiger partial charge < -0.3 is 25.2 Å². The molecule has 2 aromatic rings. The zero-order valence-corrected chi connectivity index (χ0v) is 19.4. The lowest BCUT2D eigenvalue weighted by Gasteiger charge is -2.32. The number of aromatic nitrogens is 2. The number of carbonyl (C=O) groups excluding carboxylic acids is 3.